The lowest BCUT2D eigenvalue weighted by Crippen LogP contribution is -2.20. The monoisotopic (exact) mass is 290 g/mol. The molecule has 1 aromatic heterocycles. The molecule has 0 bridgehead atoms. The Morgan fingerprint density at radius 3 is 2.70 bits per heavy atom. The van der Waals surface area contributed by atoms with E-state index >= 15 is 0 Å². The number of rotatable bonds is 6. The topological polar surface area (TPSA) is 34.2 Å². The second kappa shape index (κ2) is 7.27. The first-order valence-corrected chi connectivity index (χ1v) is 7.20. The average molecular weight is 291 g/mol. The van der Waals surface area contributed by atoms with Crippen LogP contribution in [-0.2, 0) is 0 Å². The summed E-state index contributed by atoms with van der Waals surface area (Å²) >= 11 is 5.87. The summed E-state index contributed by atoms with van der Waals surface area (Å²) in [6, 6.07) is 11.4. The maximum absolute atomic E-state index is 5.87. The second-order valence-corrected chi connectivity index (χ2v) is 5.07. The number of aromatic nitrogens is 1. The van der Waals surface area contributed by atoms with Crippen molar-refractivity contribution in [1.82, 2.24) is 10.3 Å². The van der Waals surface area contributed by atoms with Gasteiger partial charge in [-0.2, -0.15) is 0 Å². The number of benzene rings is 1. The van der Waals surface area contributed by atoms with Gasteiger partial charge in [-0.3, -0.25) is 0 Å². The van der Waals surface area contributed by atoms with Gasteiger partial charge in [0, 0.05) is 22.8 Å². The molecule has 1 aromatic carbocycles. The summed E-state index contributed by atoms with van der Waals surface area (Å²) in [6.45, 7) is 5.23. The summed E-state index contributed by atoms with van der Waals surface area (Å²) in [5.74, 6) is 1.36. The molecule has 4 heteroatoms. The minimum Gasteiger partial charge on any atom is -0.439 e. The molecule has 0 amide bonds. The lowest BCUT2D eigenvalue weighted by molar-refractivity contribution is 0.442. The molecular weight excluding hydrogens is 272 g/mol. The Bertz CT molecular complexity index is 542. The zero-order chi connectivity index (χ0) is 14.4. The van der Waals surface area contributed by atoms with Gasteiger partial charge in [0.2, 0.25) is 5.88 Å². The van der Waals surface area contributed by atoms with E-state index in [2.05, 4.69) is 24.1 Å². The van der Waals surface area contributed by atoms with E-state index in [1.165, 1.54) is 0 Å². The number of ether oxygens (including phenoxy) is 1. The highest BCUT2D eigenvalue weighted by Gasteiger charge is 2.12. The number of hydrogen-bond acceptors (Lipinski definition) is 3. The molecule has 0 spiro atoms. The summed E-state index contributed by atoms with van der Waals surface area (Å²) in [5.41, 5.74) is 1.05. The fraction of sp³-hybridized carbons (Fsp3) is 0.312. The predicted octanol–water partition coefficient (Wildman–Crippen LogP) is 4.59. The van der Waals surface area contributed by atoms with E-state index in [0.29, 0.717) is 10.9 Å². The van der Waals surface area contributed by atoms with Crippen molar-refractivity contribution < 1.29 is 4.74 Å². The molecule has 20 heavy (non-hydrogen) atoms. The number of pyridine rings is 1. The van der Waals surface area contributed by atoms with Gasteiger partial charge in [0.15, 0.2) is 0 Å². The van der Waals surface area contributed by atoms with E-state index in [-0.39, 0.29) is 6.04 Å². The minimum absolute atomic E-state index is 0.200. The van der Waals surface area contributed by atoms with Crippen molar-refractivity contribution >= 4 is 11.6 Å². The van der Waals surface area contributed by atoms with E-state index in [0.717, 1.165) is 24.3 Å². The minimum atomic E-state index is 0.200. The van der Waals surface area contributed by atoms with Crippen molar-refractivity contribution in [3.05, 3.63) is 53.2 Å². The van der Waals surface area contributed by atoms with Crippen LogP contribution in [0.4, 0.5) is 0 Å². The van der Waals surface area contributed by atoms with Gasteiger partial charge in [-0.1, -0.05) is 24.6 Å². The Labute approximate surface area is 124 Å². The quantitative estimate of drug-likeness (QED) is 0.845. The van der Waals surface area contributed by atoms with Crippen LogP contribution in [0.1, 0.15) is 31.9 Å². The first-order chi connectivity index (χ1) is 9.70. The van der Waals surface area contributed by atoms with Crippen molar-refractivity contribution in [1.29, 1.82) is 0 Å². The van der Waals surface area contributed by atoms with Crippen LogP contribution in [0.5, 0.6) is 11.6 Å². The highest BCUT2D eigenvalue weighted by atomic mass is 35.5. The van der Waals surface area contributed by atoms with Gasteiger partial charge < -0.3 is 10.1 Å². The normalized spacial score (nSPS) is 12.2. The average Bonchev–Trinajstić information content (AvgIpc) is 2.48. The standard InChI is InChI=1S/C16H19ClN2O/c1-3-10-18-12(2)15-5-4-11-19-16(15)20-14-8-6-13(17)7-9-14/h4-9,11-12,18H,3,10H2,1-2H3. The lowest BCUT2D eigenvalue weighted by Gasteiger charge is -2.16. The second-order valence-electron chi connectivity index (χ2n) is 4.63. The fourth-order valence-electron chi connectivity index (χ4n) is 1.90. The Hall–Kier alpha value is -1.58. The molecule has 0 saturated carbocycles. The van der Waals surface area contributed by atoms with Crippen LogP contribution in [-0.4, -0.2) is 11.5 Å². The molecule has 0 aliphatic carbocycles. The molecule has 0 saturated heterocycles. The van der Waals surface area contributed by atoms with Crippen molar-refractivity contribution in [2.45, 2.75) is 26.3 Å². The van der Waals surface area contributed by atoms with Crippen molar-refractivity contribution in [2.75, 3.05) is 6.54 Å². The third-order valence-electron chi connectivity index (χ3n) is 3.00. The van der Waals surface area contributed by atoms with Crippen LogP contribution >= 0.6 is 11.6 Å². The van der Waals surface area contributed by atoms with Crippen LogP contribution in [0.15, 0.2) is 42.6 Å². The predicted molar refractivity (Wildman–Crippen MR) is 82.5 cm³/mol. The van der Waals surface area contributed by atoms with E-state index in [4.69, 9.17) is 16.3 Å². The van der Waals surface area contributed by atoms with Gasteiger partial charge in [-0.15, -0.1) is 0 Å². The van der Waals surface area contributed by atoms with Gasteiger partial charge in [-0.25, -0.2) is 4.98 Å². The Kier molecular flexibility index (Phi) is 5.39. The van der Waals surface area contributed by atoms with E-state index in [1.807, 2.05) is 24.3 Å². The molecule has 106 valence electrons. The van der Waals surface area contributed by atoms with Crippen molar-refractivity contribution in [3.8, 4) is 11.6 Å². The zero-order valence-electron chi connectivity index (χ0n) is 11.8. The molecule has 1 atom stereocenters. The summed E-state index contributed by atoms with van der Waals surface area (Å²) < 4.78 is 5.86. The SMILES string of the molecule is CCCNC(C)c1cccnc1Oc1ccc(Cl)cc1. The number of nitrogens with one attached hydrogen (secondary N) is 1. The van der Waals surface area contributed by atoms with Crippen LogP contribution in [0.2, 0.25) is 5.02 Å². The molecule has 2 aromatic rings. The Balaban J connectivity index is 2.17. The maximum Gasteiger partial charge on any atom is 0.223 e. The molecule has 2 rings (SSSR count). The fourth-order valence-corrected chi connectivity index (χ4v) is 2.03. The highest BCUT2D eigenvalue weighted by Crippen LogP contribution is 2.27. The molecule has 0 aliphatic heterocycles. The number of hydrogen-bond donors (Lipinski definition) is 1. The van der Waals surface area contributed by atoms with Crippen LogP contribution < -0.4 is 10.1 Å². The zero-order valence-corrected chi connectivity index (χ0v) is 12.5. The van der Waals surface area contributed by atoms with Gasteiger partial charge in [0.25, 0.3) is 0 Å². The molecule has 1 heterocycles. The molecule has 0 fully saturated rings. The van der Waals surface area contributed by atoms with Crippen molar-refractivity contribution in [3.63, 3.8) is 0 Å². The Morgan fingerprint density at radius 1 is 1.25 bits per heavy atom. The van der Waals surface area contributed by atoms with Crippen LogP contribution in [0.3, 0.4) is 0 Å². The first-order valence-electron chi connectivity index (χ1n) is 6.82. The number of halogens is 1. The summed E-state index contributed by atoms with van der Waals surface area (Å²) in [6.07, 6.45) is 2.83. The van der Waals surface area contributed by atoms with E-state index < -0.39 is 0 Å². The van der Waals surface area contributed by atoms with Gasteiger partial charge in [0.05, 0.1) is 0 Å². The molecule has 0 radical (unpaired) electrons. The third-order valence-corrected chi connectivity index (χ3v) is 3.25. The van der Waals surface area contributed by atoms with Gasteiger partial charge in [0.1, 0.15) is 5.75 Å². The Morgan fingerprint density at radius 2 is 2.00 bits per heavy atom. The van der Waals surface area contributed by atoms with Crippen molar-refractivity contribution in [2.24, 2.45) is 0 Å². The summed E-state index contributed by atoms with van der Waals surface area (Å²) in [7, 11) is 0. The molecule has 1 N–H and O–H groups in total. The lowest BCUT2D eigenvalue weighted by atomic mass is 10.1. The van der Waals surface area contributed by atoms with Gasteiger partial charge >= 0.3 is 0 Å². The van der Waals surface area contributed by atoms with Gasteiger partial charge in [-0.05, 0) is 50.2 Å². The first kappa shape index (κ1) is 14.8. The molecular formula is C16H19ClN2O. The van der Waals surface area contributed by atoms with Crippen LogP contribution in [0.25, 0.3) is 0 Å². The summed E-state index contributed by atoms with van der Waals surface area (Å²) in [4.78, 5) is 4.33. The maximum atomic E-state index is 5.87. The highest BCUT2D eigenvalue weighted by molar-refractivity contribution is 6.30. The third kappa shape index (κ3) is 3.95. The largest absolute Gasteiger partial charge is 0.439 e. The summed E-state index contributed by atoms with van der Waals surface area (Å²) in [5, 5.41) is 4.13. The molecule has 0 aliphatic rings. The number of nitrogens with zero attached hydrogens (tertiary/aromatic N) is 1. The van der Waals surface area contributed by atoms with E-state index in [1.54, 1.807) is 18.3 Å². The van der Waals surface area contributed by atoms with E-state index in [9.17, 15) is 0 Å². The smallest absolute Gasteiger partial charge is 0.223 e. The van der Waals surface area contributed by atoms with Crippen LogP contribution in [0, 0.1) is 0 Å². The molecule has 1 unspecified atom stereocenters. The molecule has 3 nitrogen and oxygen atoms in total.